The summed E-state index contributed by atoms with van der Waals surface area (Å²) in [4.78, 5) is 24.7. The van der Waals surface area contributed by atoms with E-state index in [1.807, 2.05) is 11.4 Å². The van der Waals surface area contributed by atoms with Crippen molar-refractivity contribution in [2.45, 2.75) is 0 Å². The first-order chi connectivity index (χ1) is 11.6. The Labute approximate surface area is 142 Å². The van der Waals surface area contributed by atoms with Crippen LogP contribution in [-0.2, 0) is 0 Å². The molecule has 0 saturated heterocycles. The minimum Gasteiger partial charge on any atom is -0.506 e. The fourth-order valence-corrected chi connectivity index (χ4v) is 2.72. The van der Waals surface area contributed by atoms with E-state index in [1.165, 1.54) is 17.4 Å². The minimum atomic E-state index is -0.318. The highest BCUT2D eigenvalue weighted by Crippen LogP contribution is 2.27. The van der Waals surface area contributed by atoms with Crippen LogP contribution in [0.25, 0.3) is 0 Å². The van der Waals surface area contributed by atoms with Crippen molar-refractivity contribution in [1.82, 2.24) is 0 Å². The lowest BCUT2D eigenvalue weighted by Gasteiger charge is -2.10. The fraction of sp³-hybridized carbons (Fsp3) is 0. The van der Waals surface area contributed by atoms with E-state index in [2.05, 4.69) is 10.6 Å². The van der Waals surface area contributed by atoms with Gasteiger partial charge in [0.05, 0.1) is 10.6 Å². The molecule has 2 amide bonds. The summed E-state index contributed by atoms with van der Waals surface area (Å²) < 4.78 is 0. The molecular weight excluding hydrogens is 324 g/mol. The highest BCUT2D eigenvalue weighted by Gasteiger charge is 2.11. The number of aromatic hydroxyl groups is 1. The molecule has 2 aromatic carbocycles. The number of nitrogens with one attached hydrogen (secondary N) is 2. The van der Waals surface area contributed by atoms with Crippen LogP contribution < -0.4 is 10.6 Å². The first kappa shape index (κ1) is 15.8. The van der Waals surface area contributed by atoms with E-state index in [4.69, 9.17) is 0 Å². The molecule has 0 spiro atoms. The van der Waals surface area contributed by atoms with Gasteiger partial charge in [0, 0.05) is 17.3 Å². The molecule has 6 heteroatoms. The number of thiophene rings is 1. The summed E-state index contributed by atoms with van der Waals surface area (Å²) in [5.74, 6) is -0.685. The van der Waals surface area contributed by atoms with Crippen LogP contribution in [0.3, 0.4) is 0 Å². The Morgan fingerprint density at radius 3 is 2.33 bits per heavy atom. The molecule has 0 aliphatic rings. The molecule has 24 heavy (non-hydrogen) atoms. The normalized spacial score (nSPS) is 10.2. The molecule has 0 fully saturated rings. The number of hydrogen-bond acceptors (Lipinski definition) is 4. The Hall–Kier alpha value is -3.12. The van der Waals surface area contributed by atoms with E-state index in [0.29, 0.717) is 16.1 Å². The molecule has 0 unspecified atom stereocenters. The summed E-state index contributed by atoms with van der Waals surface area (Å²) in [6.45, 7) is 0. The van der Waals surface area contributed by atoms with Crippen molar-refractivity contribution >= 4 is 34.5 Å². The maximum absolute atomic E-state index is 12.1. The summed E-state index contributed by atoms with van der Waals surface area (Å²) in [5.41, 5.74) is 1.22. The Morgan fingerprint density at radius 2 is 1.67 bits per heavy atom. The molecule has 0 atom stereocenters. The van der Waals surface area contributed by atoms with Gasteiger partial charge in [-0.25, -0.2) is 0 Å². The molecule has 0 radical (unpaired) electrons. The van der Waals surface area contributed by atoms with E-state index in [0.717, 1.165) is 0 Å². The zero-order valence-corrected chi connectivity index (χ0v) is 13.3. The van der Waals surface area contributed by atoms with Crippen molar-refractivity contribution in [3.63, 3.8) is 0 Å². The Bertz CT molecular complexity index is 861. The summed E-state index contributed by atoms with van der Waals surface area (Å²) >= 11 is 1.33. The average molecular weight is 338 g/mol. The van der Waals surface area contributed by atoms with Gasteiger partial charge in [0.2, 0.25) is 0 Å². The van der Waals surface area contributed by atoms with Crippen LogP contribution in [0.1, 0.15) is 20.0 Å². The Balaban J connectivity index is 1.71. The number of phenols is 1. The van der Waals surface area contributed by atoms with Crippen molar-refractivity contribution < 1.29 is 14.7 Å². The summed E-state index contributed by atoms with van der Waals surface area (Å²) in [6, 6.07) is 16.8. The lowest BCUT2D eigenvalue weighted by molar-refractivity contribution is 0.101. The quantitative estimate of drug-likeness (QED) is 0.630. The largest absolute Gasteiger partial charge is 0.506 e. The molecule has 0 aliphatic heterocycles. The maximum atomic E-state index is 12.1. The topological polar surface area (TPSA) is 78.4 Å². The third kappa shape index (κ3) is 3.61. The van der Waals surface area contributed by atoms with E-state index < -0.39 is 0 Å². The summed E-state index contributed by atoms with van der Waals surface area (Å²) in [7, 11) is 0. The first-order valence-corrected chi connectivity index (χ1v) is 8.06. The van der Waals surface area contributed by atoms with Crippen LogP contribution in [0.4, 0.5) is 11.4 Å². The number of anilines is 2. The van der Waals surface area contributed by atoms with Gasteiger partial charge < -0.3 is 15.7 Å². The lowest BCUT2D eigenvalue weighted by Crippen LogP contribution is -2.12. The van der Waals surface area contributed by atoms with Gasteiger partial charge >= 0.3 is 0 Å². The standard InChI is InChI=1S/C18H14N2O3S/c21-15-11-13(19-18(23)16-7-4-10-24-16)8-9-14(15)20-17(22)12-5-2-1-3-6-12/h1-11,21H,(H,19,23)(H,20,22). The van der Waals surface area contributed by atoms with E-state index >= 15 is 0 Å². The van der Waals surface area contributed by atoms with Crippen molar-refractivity contribution in [2.24, 2.45) is 0 Å². The highest BCUT2D eigenvalue weighted by atomic mass is 32.1. The highest BCUT2D eigenvalue weighted by molar-refractivity contribution is 7.12. The minimum absolute atomic E-state index is 0.122. The van der Waals surface area contributed by atoms with Crippen LogP contribution in [-0.4, -0.2) is 16.9 Å². The van der Waals surface area contributed by atoms with Crippen molar-refractivity contribution in [3.8, 4) is 5.75 Å². The zero-order chi connectivity index (χ0) is 16.9. The molecule has 0 bridgehead atoms. The Kier molecular flexibility index (Phi) is 4.58. The first-order valence-electron chi connectivity index (χ1n) is 7.18. The molecule has 3 aromatic rings. The molecular formula is C18H14N2O3S. The second kappa shape index (κ2) is 6.97. The van der Waals surface area contributed by atoms with Gasteiger partial charge in [-0.2, -0.15) is 0 Å². The number of phenolic OH excluding ortho intramolecular Hbond substituents is 1. The molecule has 1 aromatic heterocycles. The number of benzene rings is 2. The monoisotopic (exact) mass is 338 g/mol. The van der Waals surface area contributed by atoms with E-state index in [1.54, 1.807) is 48.5 Å². The lowest BCUT2D eigenvalue weighted by atomic mass is 10.2. The maximum Gasteiger partial charge on any atom is 0.265 e. The summed E-state index contributed by atoms with van der Waals surface area (Å²) in [6.07, 6.45) is 0. The van der Waals surface area contributed by atoms with Gasteiger partial charge in [0.1, 0.15) is 5.75 Å². The SMILES string of the molecule is O=C(Nc1ccc(NC(=O)c2cccs2)cc1O)c1ccccc1. The van der Waals surface area contributed by atoms with Gasteiger partial charge in [-0.15, -0.1) is 11.3 Å². The van der Waals surface area contributed by atoms with Crippen LogP contribution in [0.5, 0.6) is 5.75 Å². The second-order valence-corrected chi connectivity index (χ2v) is 5.93. The van der Waals surface area contributed by atoms with Gasteiger partial charge in [0.15, 0.2) is 0 Å². The number of carbonyl (C=O) groups is 2. The zero-order valence-electron chi connectivity index (χ0n) is 12.5. The molecule has 0 saturated carbocycles. The molecule has 120 valence electrons. The second-order valence-electron chi connectivity index (χ2n) is 4.98. The number of carbonyl (C=O) groups excluding carboxylic acids is 2. The van der Waals surface area contributed by atoms with Gasteiger partial charge in [-0.1, -0.05) is 24.3 Å². The van der Waals surface area contributed by atoms with Crippen LogP contribution in [0.2, 0.25) is 0 Å². The number of amides is 2. The third-order valence-corrected chi connectivity index (χ3v) is 4.15. The molecule has 5 nitrogen and oxygen atoms in total. The predicted molar refractivity (Wildman–Crippen MR) is 94.8 cm³/mol. The predicted octanol–water partition coefficient (Wildman–Crippen LogP) is 3.96. The van der Waals surface area contributed by atoms with E-state index in [9.17, 15) is 14.7 Å². The smallest absolute Gasteiger partial charge is 0.265 e. The average Bonchev–Trinajstić information content (AvgIpc) is 3.13. The van der Waals surface area contributed by atoms with Crippen molar-refractivity contribution in [2.75, 3.05) is 10.6 Å². The molecule has 1 heterocycles. The van der Waals surface area contributed by atoms with Crippen molar-refractivity contribution in [1.29, 1.82) is 0 Å². The van der Waals surface area contributed by atoms with Gasteiger partial charge in [0.25, 0.3) is 11.8 Å². The molecule has 3 rings (SSSR count). The molecule has 3 N–H and O–H groups in total. The van der Waals surface area contributed by atoms with Crippen LogP contribution in [0.15, 0.2) is 66.0 Å². The van der Waals surface area contributed by atoms with E-state index in [-0.39, 0.29) is 23.3 Å². The number of hydrogen-bond donors (Lipinski definition) is 3. The molecule has 0 aliphatic carbocycles. The fourth-order valence-electron chi connectivity index (χ4n) is 2.10. The van der Waals surface area contributed by atoms with Crippen LogP contribution in [0, 0.1) is 0 Å². The van der Waals surface area contributed by atoms with Crippen LogP contribution >= 0.6 is 11.3 Å². The van der Waals surface area contributed by atoms with Gasteiger partial charge in [-0.3, -0.25) is 9.59 Å². The van der Waals surface area contributed by atoms with Crippen molar-refractivity contribution in [3.05, 3.63) is 76.5 Å². The Morgan fingerprint density at radius 1 is 0.875 bits per heavy atom. The van der Waals surface area contributed by atoms with Gasteiger partial charge in [-0.05, 0) is 35.7 Å². The summed E-state index contributed by atoms with van der Waals surface area (Å²) in [5, 5.41) is 17.2. The number of rotatable bonds is 4. The third-order valence-electron chi connectivity index (χ3n) is 3.28.